The lowest BCUT2D eigenvalue weighted by molar-refractivity contribution is 0.242. The Bertz CT molecular complexity index is 446. The standard InChI is InChI=1S/C17H22FN/c18-15-3-1-2-13(8-15)14-9-16(10-14)19-17(11-4-5-11)12-6-7-12/h1-3,8,11-12,14,16-17,19H,4-7,9-10H2. The van der Waals surface area contributed by atoms with Gasteiger partial charge in [0.05, 0.1) is 0 Å². The van der Waals surface area contributed by atoms with E-state index < -0.39 is 0 Å². The van der Waals surface area contributed by atoms with Gasteiger partial charge in [-0.2, -0.15) is 0 Å². The topological polar surface area (TPSA) is 12.0 Å². The lowest BCUT2D eigenvalue weighted by atomic mass is 9.75. The van der Waals surface area contributed by atoms with E-state index in [0.29, 0.717) is 12.0 Å². The van der Waals surface area contributed by atoms with Crippen LogP contribution in [0, 0.1) is 17.7 Å². The van der Waals surface area contributed by atoms with Crippen LogP contribution in [0.25, 0.3) is 0 Å². The van der Waals surface area contributed by atoms with Crippen molar-refractivity contribution in [3.63, 3.8) is 0 Å². The first-order chi connectivity index (χ1) is 9.29. The van der Waals surface area contributed by atoms with Crippen molar-refractivity contribution in [3.8, 4) is 0 Å². The molecule has 0 aromatic heterocycles. The minimum atomic E-state index is -0.0947. The number of hydrogen-bond acceptors (Lipinski definition) is 1. The quantitative estimate of drug-likeness (QED) is 0.847. The van der Waals surface area contributed by atoms with Crippen LogP contribution < -0.4 is 5.32 Å². The van der Waals surface area contributed by atoms with E-state index in [2.05, 4.69) is 11.4 Å². The highest BCUT2D eigenvalue weighted by atomic mass is 19.1. The van der Waals surface area contributed by atoms with Crippen LogP contribution in [0.15, 0.2) is 24.3 Å². The van der Waals surface area contributed by atoms with Crippen LogP contribution in [0.1, 0.15) is 50.0 Å². The largest absolute Gasteiger partial charge is 0.311 e. The first-order valence-corrected chi connectivity index (χ1v) is 7.81. The Balaban J connectivity index is 1.32. The van der Waals surface area contributed by atoms with Crippen molar-refractivity contribution in [2.45, 2.75) is 56.5 Å². The Morgan fingerprint density at radius 1 is 1.05 bits per heavy atom. The molecule has 4 rings (SSSR count). The van der Waals surface area contributed by atoms with Gasteiger partial charge in [-0.15, -0.1) is 0 Å². The molecule has 3 aliphatic carbocycles. The van der Waals surface area contributed by atoms with Gasteiger partial charge in [0.2, 0.25) is 0 Å². The number of nitrogens with one attached hydrogen (secondary N) is 1. The minimum absolute atomic E-state index is 0.0947. The zero-order valence-corrected chi connectivity index (χ0v) is 11.3. The van der Waals surface area contributed by atoms with Crippen molar-refractivity contribution in [2.24, 2.45) is 11.8 Å². The number of hydrogen-bond donors (Lipinski definition) is 1. The van der Waals surface area contributed by atoms with E-state index in [1.165, 1.54) is 50.2 Å². The summed E-state index contributed by atoms with van der Waals surface area (Å²) in [5, 5.41) is 3.90. The third-order valence-corrected chi connectivity index (χ3v) is 5.15. The number of benzene rings is 1. The second-order valence-corrected chi connectivity index (χ2v) is 6.79. The second kappa shape index (κ2) is 4.59. The van der Waals surface area contributed by atoms with Crippen LogP contribution in [0.5, 0.6) is 0 Å². The number of rotatable bonds is 5. The molecule has 0 unspecified atom stereocenters. The predicted molar refractivity (Wildman–Crippen MR) is 74.5 cm³/mol. The molecule has 19 heavy (non-hydrogen) atoms. The SMILES string of the molecule is Fc1cccc(C2CC(NC(C3CC3)C3CC3)C2)c1. The van der Waals surface area contributed by atoms with Gasteiger partial charge in [-0.3, -0.25) is 0 Å². The molecule has 0 saturated heterocycles. The maximum absolute atomic E-state index is 13.2. The van der Waals surface area contributed by atoms with Crippen LogP contribution in [0.3, 0.4) is 0 Å². The molecule has 0 radical (unpaired) electrons. The van der Waals surface area contributed by atoms with E-state index in [9.17, 15) is 4.39 Å². The molecule has 1 aromatic carbocycles. The van der Waals surface area contributed by atoms with Crippen molar-refractivity contribution < 1.29 is 4.39 Å². The Hall–Kier alpha value is -0.890. The van der Waals surface area contributed by atoms with Gasteiger partial charge in [0.1, 0.15) is 5.82 Å². The van der Waals surface area contributed by atoms with E-state index in [-0.39, 0.29) is 5.82 Å². The average Bonchev–Trinajstić information content (AvgIpc) is 3.22. The third kappa shape index (κ3) is 2.55. The number of halogens is 1. The molecule has 3 saturated carbocycles. The van der Waals surface area contributed by atoms with Crippen LogP contribution in [0.4, 0.5) is 4.39 Å². The highest BCUT2D eigenvalue weighted by molar-refractivity contribution is 5.24. The Morgan fingerprint density at radius 3 is 2.32 bits per heavy atom. The Labute approximate surface area is 114 Å². The second-order valence-electron chi connectivity index (χ2n) is 6.79. The molecule has 0 heterocycles. The van der Waals surface area contributed by atoms with Gasteiger partial charge >= 0.3 is 0 Å². The fourth-order valence-electron chi connectivity index (χ4n) is 3.63. The van der Waals surface area contributed by atoms with E-state index in [1.54, 1.807) is 6.07 Å². The van der Waals surface area contributed by atoms with Gasteiger partial charge in [0, 0.05) is 12.1 Å². The van der Waals surface area contributed by atoms with Crippen molar-refractivity contribution in [1.82, 2.24) is 5.32 Å². The first kappa shape index (κ1) is 11.9. The van der Waals surface area contributed by atoms with Gasteiger partial charge in [-0.25, -0.2) is 4.39 Å². The summed E-state index contributed by atoms with van der Waals surface area (Å²) in [4.78, 5) is 0. The van der Waals surface area contributed by atoms with E-state index in [4.69, 9.17) is 0 Å². The predicted octanol–water partition coefficient (Wildman–Crippen LogP) is 3.85. The molecule has 1 N–H and O–H groups in total. The van der Waals surface area contributed by atoms with Crippen LogP contribution >= 0.6 is 0 Å². The van der Waals surface area contributed by atoms with Gasteiger partial charge in [-0.1, -0.05) is 12.1 Å². The van der Waals surface area contributed by atoms with Crippen molar-refractivity contribution >= 4 is 0 Å². The first-order valence-electron chi connectivity index (χ1n) is 7.81. The molecular formula is C17H22FN. The van der Waals surface area contributed by atoms with Crippen LogP contribution in [0.2, 0.25) is 0 Å². The molecule has 3 aliphatic rings. The lowest BCUT2D eigenvalue weighted by Crippen LogP contribution is -2.47. The molecule has 1 aromatic rings. The lowest BCUT2D eigenvalue weighted by Gasteiger charge is -2.39. The normalized spacial score (nSPS) is 30.4. The fourth-order valence-corrected chi connectivity index (χ4v) is 3.63. The zero-order valence-electron chi connectivity index (χ0n) is 11.3. The molecule has 3 fully saturated rings. The summed E-state index contributed by atoms with van der Waals surface area (Å²) in [5.74, 6) is 2.43. The highest BCUT2D eigenvalue weighted by Crippen LogP contribution is 2.46. The van der Waals surface area contributed by atoms with Crippen molar-refractivity contribution in [3.05, 3.63) is 35.6 Å². The molecule has 0 spiro atoms. The smallest absolute Gasteiger partial charge is 0.123 e. The summed E-state index contributed by atoms with van der Waals surface area (Å²) in [6.45, 7) is 0. The maximum atomic E-state index is 13.2. The fraction of sp³-hybridized carbons (Fsp3) is 0.647. The Kier molecular flexibility index (Phi) is 2.87. The van der Waals surface area contributed by atoms with Gasteiger partial charge in [0.15, 0.2) is 0 Å². The third-order valence-electron chi connectivity index (χ3n) is 5.15. The molecule has 102 valence electrons. The molecule has 0 atom stereocenters. The average molecular weight is 259 g/mol. The molecule has 1 nitrogen and oxygen atoms in total. The molecule has 0 bridgehead atoms. The summed E-state index contributed by atoms with van der Waals surface area (Å²) in [5.41, 5.74) is 1.19. The van der Waals surface area contributed by atoms with Crippen LogP contribution in [-0.4, -0.2) is 12.1 Å². The van der Waals surface area contributed by atoms with E-state index in [1.807, 2.05) is 6.07 Å². The molecular weight excluding hydrogens is 237 g/mol. The maximum Gasteiger partial charge on any atom is 0.123 e. The van der Waals surface area contributed by atoms with Crippen molar-refractivity contribution in [1.29, 1.82) is 0 Å². The van der Waals surface area contributed by atoms with E-state index in [0.717, 1.165) is 17.9 Å². The zero-order chi connectivity index (χ0) is 12.8. The summed E-state index contributed by atoms with van der Waals surface area (Å²) in [6, 6.07) is 8.64. The highest BCUT2D eigenvalue weighted by Gasteiger charge is 2.43. The summed E-state index contributed by atoms with van der Waals surface area (Å²) in [6.07, 6.45) is 8.14. The Morgan fingerprint density at radius 2 is 1.74 bits per heavy atom. The van der Waals surface area contributed by atoms with E-state index >= 15 is 0 Å². The summed E-state index contributed by atoms with van der Waals surface area (Å²) < 4.78 is 13.2. The minimum Gasteiger partial charge on any atom is -0.311 e. The van der Waals surface area contributed by atoms with Crippen LogP contribution in [-0.2, 0) is 0 Å². The van der Waals surface area contributed by atoms with Gasteiger partial charge < -0.3 is 5.32 Å². The summed E-state index contributed by atoms with van der Waals surface area (Å²) >= 11 is 0. The molecule has 2 heteroatoms. The molecule has 0 aliphatic heterocycles. The van der Waals surface area contributed by atoms with Gasteiger partial charge in [0.25, 0.3) is 0 Å². The summed E-state index contributed by atoms with van der Waals surface area (Å²) in [7, 11) is 0. The monoisotopic (exact) mass is 259 g/mol. The van der Waals surface area contributed by atoms with Gasteiger partial charge in [-0.05, 0) is 74.0 Å². The van der Waals surface area contributed by atoms with Crippen molar-refractivity contribution in [2.75, 3.05) is 0 Å². The molecule has 0 amide bonds.